The van der Waals surface area contributed by atoms with Crippen LogP contribution in [-0.4, -0.2) is 23.3 Å². The molecule has 0 heterocycles. The molecule has 3 aromatic carbocycles. The maximum atomic E-state index is 12.5. The van der Waals surface area contributed by atoms with Crippen molar-refractivity contribution in [3.8, 4) is 11.8 Å². The number of nitro groups is 1. The van der Waals surface area contributed by atoms with Gasteiger partial charge >= 0.3 is 0 Å². The van der Waals surface area contributed by atoms with E-state index < -0.39 is 10.8 Å². The number of amides is 2. The lowest BCUT2D eigenvalue weighted by Crippen LogP contribution is -2.20. The van der Waals surface area contributed by atoms with Gasteiger partial charge in [0.15, 0.2) is 6.61 Å². The molecule has 0 aromatic heterocycles. The summed E-state index contributed by atoms with van der Waals surface area (Å²) < 4.78 is 6.08. The number of aryl methyl sites for hydroxylation is 1. The topological polar surface area (TPSA) is 134 Å². The van der Waals surface area contributed by atoms with Gasteiger partial charge in [0.05, 0.1) is 9.40 Å². The highest BCUT2D eigenvalue weighted by Crippen LogP contribution is 2.27. The predicted molar refractivity (Wildman–Crippen MR) is 135 cm³/mol. The van der Waals surface area contributed by atoms with E-state index in [0.717, 1.165) is 5.56 Å². The summed E-state index contributed by atoms with van der Waals surface area (Å²) in [7, 11) is 0. The van der Waals surface area contributed by atoms with Crippen LogP contribution in [0.4, 0.5) is 17.1 Å². The van der Waals surface area contributed by atoms with Crippen molar-refractivity contribution in [1.82, 2.24) is 0 Å². The normalized spacial score (nSPS) is 10.7. The van der Waals surface area contributed by atoms with Crippen molar-refractivity contribution < 1.29 is 19.2 Å². The monoisotopic (exact) mass is 534 g/mol. The van der Waals surface area contributed by atoms with Crippen LogP contribution in [0.2, 0.25) is 0 Å². The minimum absolute atomic E-state index is 0.183. The Bertz CT molecular complexity index is 1360. The van der Waals surface area contributed by atoms with Crippen LogP contribution < -0.4 is 15.4 Å². The zero-order chi connectivity index (χ0) is 25.4. The van der Waals surface area contributed by atoms with Gasteiger partial charge in [0.1, 0.15) is 17.4 Å². The number of nitro benzene ring substituents is 1. The number of nitrogens with one attached hydrogen (secondary N) is 2. The molecule has 0 saturated carbocycles. The molecule has 35 heavy (non-hydrogen) atoms. The summed E-state index contributed by atoms with van der Waals surface area (Å²) in [4.78, 5) is 35.0. The highest BCUT2D eigenvalue weighted by molar-refractivity contribution is 9.10. The van der Waals surface area contributed by atoms with Crippen LogP contribution in [0.15, 0.2) is 76.8 Å². The van der Waals surface area contributed by atoms with Crippen molar-refractivity contribution in [2.75, 3.05) is 17.2 Å². The van der Waals surface area contributed by atoms with E-state index in [1.54, 1.807) is 24.3 Å². The Balaban J connectivity index is 1.64. The molecule has 0 atom stereocenters. The lowest BCUT2D eigenvalue weighted by molar-refractivity contribution is -0.384. The fourth-order valence-corrected chi connectivity index (χ4v) is 3.51. The second-order valence-corrected chi connectivity index (χ2v) is 8.18. The summed E-state index contributed by atoms with van der Waals surface area (Å²) in [6.45, 7) is 1.71. The van der Waals surface area contributed by atoms with Gasteiger partial charge in [-0.1, -0.05) is 24.3 Å². The number of hydrogen-bond donors (Lipinski definition) is 2. The highest BCUT2D eigenvalue weighted by Gasteiger charge is 2.13. The number of hydrogen-bond acceptors (Lipinski definition) is 6. The van der Waals surface area contributed by atoms with Gasteiger partial charge in [-0.2, -0.15) is 5.26 Å². The third kappa shape index (κ3) is 7.25. The first-order valence-electron chi connectivity index (χ1n) is 10.2. The fraction of sp³-hybridized carbons (Fsp3) is 0.0800. The molecule has 0 aliphatic heterocycles. The van der Waals surface area contributed by atoms with Gasteiger partial charge in [-0.05, 0) is 70.4 Å². The third-order valence-corrected chi connectivity index (χ3v) is 5.23. The SMILES string of the molecule is Cc1cccc(NC(=O)COc2ccc(/C=C(\C#N)C(=O)Nc3cccc([N+](=O)[O-])c3)cc2Br)c1. The number of halogens is 1. The number of non-ortho nitro benzene ring substituents is 1. The molecular weight excluding hydrogens is 516 g/mol. The van der Waals surface area contributed by atoms with E-state index in [1.807, 2.05) is 31.2 Å². The first-order chi connectivity index (χ1) is 16.7. The number of ether oxygens (including phenoxy) is 1. The molecule has 0 fully saturated rings. The van der Waals surface area contributed by atoms with E-state index >= 15 is 0 Å². The van der Waals surface area contributed by atoms with Gasteiger partial charge in [-0.25, -0.2) is 0 Å². The van der Waals surface area contributed by atoms with Gasteiger partial charge in [0.25, 0.3) is 17.5 Å². The number of rotatable bonds is 8. The van der Waals surface area contributed by atoms with E-state index in [2.05, 4.69) is 26.6 Å². The lowest BCUT2D eigenvalue weighted by atomic mass is 10.1. The maximum Gasteiger partial charge on any atom is 0.271 e. The molecule has 0 bridgehead atoms. The molecule has 3 aromatic rings. The van der Waals surface area contributed by atoms with Crippen LogP contribution in [-0.2, 0) is 9.59 Å². The molecule has 0 radical (unpaired) electrons. The summed E-state index contributed by atoms with van der Waals surface area (Å²) >= 11 is 3.36. The maximum absolute atomic E-state index is 12.5. The van der Waals surface area contributed by atoms with Gasteiger partial charge in [0.2, 0.25) is 0 Å². The average molecular weight is 535 g/mol. The molecular formula is C25H19BrN4O5. The van der Waals surface area contributed by atoms with Crippen molar-refractivity contribution >= 4 is 50.9 Å². The van der Waals surface area contributed by atoms with Crippen molar-refractivity contribution in [2.45, 2.75) is 6.92 Å². The standard InChI is InChI=1S/C25H19BrN4O5/c1-16-4-2-5-19(10-16)28-24(31)15-35-23-9-8-17(12-22(23)26)11-18(14-27)25(32)29-20-6-3-7-21(13-20)30(33)34/h2-13H,15H2,1H3,(H,28,31)(H,29,32)/b18-11+. The van der Waals surface area contributed by atoms with Crippen LogP contribution in [0.1, 0.15) is 11.1 Å². The zero-order valence-electron chi connectivity index (χ0n) is 18.4. The molecule has 0 saturated heterocycles. The Hall–Kier alpha value is -4.49. The summed E-state index contributed by atoms with van der Waals surface area (Å²) in [5.41, 5.74) is 2.03. The van der Waals surface area contributed by atoms with E-state index in [0.29, 0.717) is 21.5 Å². The molecule has 3 rings (SSSR count). The summed E-state index contributed by atoms with van der Waals surface area (Å²) in [6, 6.07) is 19.5. The van der Waals surface area contributed by atoms with Gasteiger partial charge in [0, 0.05) is 23.5 Å². The zero-order valence-corrected chi connectivity index (χ0v) is 20.0. The highest BCUT2D eigenvalue weighted by atomic mass is 79.9. The summed E-state index contributed by atoms with van der Waals surface area (Å²) in [5.74, 6) is -0.630. The molecule has 2 N–H and O–H groups in total. The number of carbonyl (C=O) groups excluding carboxylic acids is 2. The van der Waals surface area contributed by atoms with Gasteiger partial charge in [-0.3, -0.25) is 19.7 Å². The van der Waals surface area contributed by atoms with Crippen molar-refractivity contribution in [2.24, 2.45) is 0 Å². The molecule has 0 unspecified atom stereocenters. The average Bonchev–Trinajstić information content (AvgIpc) is 2.82. The first-order valence-corrected chi connectivity index (χ1v) is 11.0. The second kappa shape index (κ2) is 11.6. The quantitative estimate of drug-likeness (QED) is 0.176. The third-order valence-electron chi connectivity index (χ3n) is 4.61. The number of benzene rings is 3. The Labute approximate surface area is 209 Å². The molecule has 0 aliphatic rings. The van der Waals surface area contributed by atoms with Crippen LogP contribution in [0.5, 0.6) is 5.75 Å². The van der Waals surface area contributed by atoms with Crippen LogP contribution in [0, 0.1) is 28.4 Å². The lowest BCUT2D eigenvalue weighted by Gasteiger charge is -2.10. The predicted octanol–water partition coefficient (Wildman–Crippen LogP) is 5.23. The van der Waals surface area contributed by atoms with Crippen molar-refractivity contribution in [3.05, 3.63) is 98.0 Å². The molecule has 176 valence electrons. The van der Waals surface area contributed by atoms with Crippen LogP contribution in [0.3, 0.4) is 0 Å². The number of nitriles is 1. The number of carbonyl (C=O) groups is 2. The second-order valence-electron chi connectivity index (χ2n) is 7.33. The van der Waals surface area contributed by atoms with Crippen molar-refractivity contribution in [1.29, 1.82) is 5.26 Å². The van der Waals surface area contributed by atoms with E-state index in [4.69, 9.17) is 4.74 Å². The van der Waals surface area contributed by atoms with E-state index in [-0.39, 0.29) is 29.5 Å². The Morgan fingerprint density at radius 2 is 1.80 bits per heavy atom. The first kappa shape index (κ1) is 25.1. The minimum Gasteiger partial charge on any atom is -0.483 e. The molecule has 0 spiro atoms. The summed E-state index contributed by atoms with van der Waals surface area (Å²) in [6.07, 6.45) is 1.37. The Morgan fingerprint density at radius 1 is 1.09 bits per heavy atom. The molecule has 10 heteroatoms. The van der Waals surface area contributed by atoms with Gasteiger partial charge in [-0.15, -0.1) is 0 Å². The van der Waals surface area contributed by atoms with Gasteiger partial charge < -0.3 is 15.4 Å². The Kier molecular flexibility index (Phi) is 8.32. The van der Waals surface area contributed by atoms with E-state index in [1.165, 1.54) is 30.3 Å². The Morgan fingerprint density at radius 3 is 2.46 bits per heavy atom. The van der Waals surface area contributed by atoms with Crippen LogP contribution >= 0.6 is 15.9 Å². The number of nitrogens with zero attached hydrogens (tertiary/aromatic N) is 2. The van der Waals surface area contributed by atoms with Crippen molar-refractivity contribution in [3.63, 3.8) is 0 Å². The molecule has 2 amide bonds. The summed E-state index contributed by atoms with van der Waals surface area (Å²) in [5, 5.41) is 25.5. The molecule has 9 nitrogen and oxygen atoms in total. The molecule has 0 aliphatic carbocycles. The number of anilines is 2. The minimum atomic E-state index is -0.711. The smallest absolute Gasteiger partial charge is 0.271 e. The fourth-order valence-electron chi connectivity index (χ4n) is 3.00. The van der Waals surface area contributed by atoms with E-state index in [9.17, 15) is 25.0 Å². The van der Waals surface area contributed by atoms with Crippen LogP contribution in [0.25, 0.3) is 6.08 Å². The largest absolute Gasteiger partial charge is 0.483 e.